The van der Waals surface area contributed by atoms with E-state index in [1.54, 1.807) is 24.3 Å². The molecule has 2 aromatic rings. The monoisotopic (exact) mass is 422 g/mol. The fourth-order valence-corrected chi connectivity index (χ4v) is 4.11. The number of aryl methyl sites for hydroxylation is 1. The van der Waals surface area contributed by atoms with E-state index in [9.17, 15) is 9.59 Å². The first-order valence-electron chi connectivity index (χ1n) is 9.07. The van der Waals surface area contributed by atoms with Gasteiger partial charge in [-0.05, 0) is 44.0 Å². The minimum atomic E-state index is -0.323. The number of halogens is 1. The van der Waals surface area contributed by atoms with Crippen LogP contribution in [0.2, 0.25) is 5.02 Å². The summed E-state index contributed by atoms with van der Waals surface area (Å²) >= 11 is 7.21. The maximum Gasteiger partial charge on any atom is 0.263 e. The summed E-state index contributed by atoms with van der Waals surface area (Å²) in [5.41, 5.74) is 5.93. The van der Waals surface area contributed by atoms with Gasteiger partial charge in [0.05, 0.1) is 12.2 Å². The number of primary amides is 1. The summed E-state index contributed by atoms with van der Waals surface area (Å²) in [4.78, 5) is 30.7. The van der Waals surface area contributed by atoms with E-state index in [2.05, 4.69) is 10.3 Å². The zero-order valence-electron chi connectivity index (χ0n) is 15.6. The van der Waals surface area contributed by atoms with Crippen LogP contribution in [0.3, 0.4) is 0 Å². The number of carbonyl (C=O) groups is 2. The quantitative estimate of drug-likeness (QED) is 0.713. The van der Waals surface area contributed by atoms with Crippen LogP contribution in [0.25, 0.3) is 0 Å². The predicted molar refractivity (Wildman–Crippen MR) is 109 cm³/mol. The second-order valence-corrected chi connectivity index (χ2v) is 8.27. The maximum absolute atomic E-state index is 12.6. The Kier molecular flexibility index (Phi) is 6.88. The molecule has 1 aliphatic rings. The molecule has 1 aliphatic heterocycles. The first-order chi connectivity index (χ1) is 13.4. The fourth-order valence-electron chi connectivity index (χ4n) is 3.11. The highest BCUT2D eigenvalue weighted by Gasteiger charge is 2.23. The summed E-state index contributed by atoms with van der Waals surface area (Å²) in [6.45, 7) is 3.88. The second kappa shape index (κ2) is 9.36. The topological polar surface area (TPSA) is 97.6 Å². The Bertz CT molecular complexity index is 832. The molecular formula is C19H23ClN4O3S. The Morgan fingerprint density at radius 3 is 2.64 bits per heavy atom. The van der Waals surface area contributed by atoms with Gasteiger partial charge in [-0.25, -0.2) is 4.98 Å². The molecule has 0 atom stereocenters. The van der Waals surface area contributed by atoms with Gasteiger partial charge in [-0.2, -0.15) is 0 Å². The molecule has 3 rings (SSSR count). The minimum Gasteiger partial charge on any atom is -0.486 e. The lowest BCUT2D eigenvalue weighted by molar-refractivity contribution is -0.119. The standard InChI is InChI=1S/C19H23ClN4O3S/c1-12-18(19(26)23-14-6-8-24(9-7-14)10-16(21)25)28-17(22-12)11-27-15-4-2-13(20)3-5-15/h2-5,14H,6-11H2,1H3,(H2,21,25)(H,23,26). The molecule has 1 aromatic heterocycles. The third kappa shape index (κ3) is 5.67. The number of hydrogen-bond donors (Lipinski definition) is 2. The van der Waals surface area contributed by atoms with Gasteiger partial charge in [0, 0.05) is 24.2 Å². The smallest absolute Gasteiger partial charge is 0.263 e. The number of benzene rings is 1. The molecule has 0 radical (unpaired) electrons. The van der Waals surface area contributed by atoms with Crippen molar-refractivity contribution in [3.8, 4) is 5.75 Å². The average molecular weight is 423 g/mol. The van der Waals surface area contributed by atoms with Crippen molar-refractivity contribution in [3.63, 3.8) is 0 Å². The number of thiazole rings is 1. The van der Waals surface area contributed by atoms with E-state index >= 15 is 0 Å². The summed E-state index contributed by atoms with van der Waals surface area (Å²) in [6.07, 6.45) is 1.59. The summed E-state index contributed by atoms with van der Waals surface area (Å²) < 4.78 is 5.70. The van der Waals surface area contributed by atoms with E-state index in [0.29, 0.717) is 28.0 Å². The number of nitrogens with two attached hydrogens (primary N) is 1. The number of rotatable bonds is 7. The van der Waals surface area contributed by atoms with Crippen molar-refractivity contribution in [2.24, 2.45) is 5.73 Å². The molecule has 1 saturated heterocycles. The van der Waals surface area contributed by atoms with Crippen LogP contribution in [0.5, 0.6) is 5.75 Å². The molecule has 1 aromatic carbocycles. The normalized spacial score (nSPS) is 15.4. The van der Waals surface area contributed by atoms with Crippen molar-refractivity contribution < 1.29 is 14.3 Å². The van der Waals surface area contributed by atoms with Gasteiger partial charge < -0.3 is 15.8 Å². The molecule has 1 fully saturated rings. The number of ether oxygens (including phenoxy) is 1. The van der Waals surface area contributed by atoms with E-state index in [1.165, 1.54) is 11.3 Å². The van der Waals surface area contributed by atoms with Crippen LogP contribution in [-0.4, -0.2) is 47.4 Å². The van der Waals surface area contributed by atoms with Gasteiger partial charge in [-0.15, -0.1) is 11.3 Å². The van der Waals surface area contributed by atoms with Crippen LogP contribution in [-0.2, 0) is 11.4 Å². The number of piperidine rings is 1. The van der Waals surface area contributed by atoms with Gasteiger partial charge in [-0.3, -0.25) is 14.5 Å². The molecule has 0 spiro atoms. The zero-order chi connectivity index (χ0) is 20.1. The summed E-state index contributed by atoms with van der Waals surface area (Å²) in [7, 11) is 0. The van der Waals surface area contributed by atoms with Gasteiger partial charge in [0.15, 0.2) is 0 Å². The minimum absolute atomic E-state index is 0.0897. The molecular weight excluding hydrogens is 400 g/mol. The number of nitrogens with zero attached hydrogens (tertiary/aromatic N) is 2. The fraction of sp³-hybridized carbons (Fsp3) is 0.421. The number of amides is 2. The van der Waals surface area contributed by atoms with Gasteiger partial charge >= 0.3 is 0 Å². The highest BCUT2D eigenvalue weighted by Crippen LogP contribution is 2.22. The molecule has 150 valence electrons. The SMILES string of the molecule is Cc1nc(COc2ccc(Cl)cc2)sc1C(=O)NC1CCN(CC(N)=O)CC1. The molecule has 7 nitrogen and oxygen atoms in total. The van der Waals surface area contributed by atoms with E-state index in [-0.39, 0.29) is 24.4 Å². The van der Waals surface area contributed by atoms with Crippen molar-refractivity contribution in [1.82, 2.24) is 15.2 Å². The van der Waals surface area contributed by atoms with Crippen LogP contribution in [0, 0.1) is 6.92 Å². The Morgan fingerprint density at radius 1 is 1.32 bits per heavy atom. The third-order valence-electron chi connectivity index (χ3n) is 4.53. The lowest BCUT2D eigenvalue weighted by atomic mass is 10.0. The third-order valence-corrected chi connectivity index (χ3v) is 5.91. The summed E-state index contributed by atoms with van der Waals surface area (Å²) in [6, 6.07) is 7.20. The van der Waals surface area contributed by atoms with Crippen molar-refractivity contribution in [2.45, 2.75) is 32.4 Å². The Hall–Kier alpha value is -2.16. The lowest BCUT2D eigenvalue weighted by Crippen LogP contribution is -2.46. The highest BCUT2D eigenvalue weighted by atomic mass is 35.5. The molecule has 9 heteroatoms. The number of hydrogen-bond acceptors (Lipinski definition) is 6. The van der Waals surface area contributed by atoms with Crippen molar-refractivity contribution in [3.05, 3.63) is 44.9 Å². The van der Waals surface area contributed by atoms with Crippen LogP contribution in [0.1, 0.15) is 33.2 Å². The highest BCUT2D eigenvalue weighted by molar-refractivity contribution is 7.13. The van der Waals surface area contributed by atoms with Crippen molar-refractivity contribution in [1.29, 1.82) is 0 Å². The summed E-state index contributed by atoms with van der Waals surface area (Å²) in [5.74, 6) is 0.267. The number of likely N-dealkylation sites (tertiary alicyclic amines) is 1. The maximum atomic E-state index is 12.6. The van der Waals surface area contributed by atoms with Crippen LogP contribution in [0.4, 0.5) is 0 Å². The molecule has 0 saturated carbocycles. The molecule has 2 amide bonds. The average Bonchev–Trinajstić information content (AvgIpc) is 3.03. The van der Waals surface area contributed by atoms with E-state index in [4.69, 9.17) is 22.1 Å². The van der Waals surface area contributed by atoms with Gasteiger partial charge in [0.1, 0.15) is 22.2 Å². The lowest BCUT2D eigenvalue weighted by Gasteiger charge is -2.31. The molecule has 0 aliphatic carbocycles. The van der Waals surface area contributed by atoms with Crippen LogP contribution >= 0.6 is 22.9 Å². The Labute approximate surface area is 172 Å². The Morgan fingerprint density at radius 2 is 2.00 bits per heavy atom. The number of aromatic nitrogens is 1. The molecule has 28 heavy (non-hydrogen) atoms. The molecule has 3 N–H and O–H groups in total. The largest absolute Gasteiger partial charge is 0.486 e. The van der Waals surface area contributed by atoms with Gasteiger partial charge in [-0.1, -0.05) is 11.6 Å². The van der Waals surface area contributed by atoms with E-state index < -0.39 is 0 Å². The molecule has 2 heterocycles. The predicted octanol–water partition coefficient (Wildman–Crippen LogP) is 2.36. The second-order valence-electron chi connectivity index (χ2n) is 6.75. The molecule has 0 unspecified atom stereocenters. The Balaban J connectivity index is 1.52. The van der Waals surface area contributed by atoms with Crippen molar-refractivity contribution >= 4 is 34.8 Å². The van der Waals surface area contributed by atoms with Gasteiger partial charge in [0.2, 0.25) is 5.91 Å². The van der Waals surface area contributed by atoms with Crippen LogP contribution < -0.4 is 15.8 Å². The zero-order valence-corrected chi connectivity index (χ0v) is 17.2. The van der Waals surface area contributed by atoms with Gasteiger partial charge in [0.25, 0.3) is 5.91 Å². The van der Waals surface area contributed by atoms with E-state index in [1.807, 2.05) is 11.8 Å². The first kappa shape index (κ1) is 20.6. The number of nitrogens with one attached hydrogen (secondary N) is 1. The number of carbonyl (C=O) groups excluding carboxylic acids is 2. The first-order valence-corrected chi connectivity index (χ1v) is 10.3. The molecule has 0 bridgehead atoms. The van der Waals surface area contributed by atoms with Crippen LogP contribution in [0.15, 0.2) is 24.3 Å². The van der Waals surface area contributed by atoms with Crippen molar-refractivity contribution in [2.75, 3.05) is 19.6 Å². The summed E-state index contributed by atoms with van der Waals surface area (Å²) in [5, 5.41) is 4.47. The van der Waals surface area contributed by atoms with E-state index in [0.717, 1.165) is 30.9 Å².